The first-order valence-corrected chi connectivity index (χ1v) is 8.01. The Morgan fingerprint density at radius 2 is 1.74 bits per heavy atom. The van der Waals surface area contributed by atoms with Crippen molar-refractivity contribution >= 4 is 17.8 Å². The highest BCUT2D eigenvalue weighted by Crippen LogP contribution is 2.30. The molecule has 150 valence electrons. The molecular weight excluding hydrogens is 371 g/mol. The van der Waals surface area contributed by atoms with Crippen LogP contribution in [0.15, 0.2) is 24.3 Å². The molecule has 1 amide bonds. The van der Waals surface area contributed by atoms with Crippen LogP contribution in [0.2, 0.25) is 0 Å². The number of carboxylic acids is 1. The Bertz CT molecular complexity index is 674. The SMILES string of the molecule is CCOC(=O)C[C@H](C)[C@H](NC(=O)[C@@H](O)c1ccc(C(F)(F)F)cc1)C(=O)O. The number of esters is 1. The number of aliphatic carboxylic acids is 1. The number of carbonyl (C=O) groups excluding carboxylic acids is 2. The van der Waals surface area contributed by atoms with Crippen LogP contribution in [0.3, 0.4) is 0 Å². The van der Waals surface area contributed by atoms with Crippen LogP contribution in [-0.4, -0.2) is 40.7 Å². The van der Waals surface area contributed by atoms with Crippen molar-refractivity contribution in [3.05, 3.63) is 35.4 Å². The lowest BCUT2D eigenvalue weighted by atomic mass is 9.97. The van der Waals surface area contributed by atoms with E-state index in [1.54, 1.807) is 6.92 Å². The molecule has 3 atom stereocenters. The number of hydrogen-bond donors (Lipinski definition) is 3. The van der Waals surface area contributed by atoms with E-state index in [2.05, 4.69) is 5.32 Å². The Balaban J connectivity index is 2.83. The van der Waals surface area contributed by atoms with Crippen molar-refractivity contribution in [2.75, 3.05) is 6.61 Å². The normalized spacial score (nSPS) is 14.7. The Morgan fingerprint density at radius 3 is 2.19 bits per heavy atom. The molecule has 0 radical (unpaired) electrons. The maximum Gasteiger partial charge on any atom is 0.416 e. The van der Waals surface area contributed by atoms with E-state index in [9.17, 15) is 37.8 Å². The van der Waals surface area contributed by atoms with E-state index in [1.165, 1.54) is 6.92 Å². The van der Waals surface area contributed by atoms with Gasteiger partial charge in [0, 0.05) is 0 Å². The van der Waals surface area contributed by atoms with Crippen molar-refractivity contribution in [1.82, 2.24) is 5.32 Å². The van der Waals surface area contributed by atoms with Gasteiger partial charge >= 0.3 is 18.1 Å². The Morgan fingerprint density at radius 1 is 1.19 bits per heavy atom. The van der Waals surface area contributed by atoms with Crippen LogP contribution in [0.5, 0.6) is 0 Å². The predicted octanol–water partition coefficient (Wildman–Crippen LogP) is 1.90. The van der Waals surface area contributed by atoms with Gasteiger partial charge in [0.05, 0.1) is 18.6 Å². The minimum atomic E-state index is -4.57. The summed E-state index contributed by atoms with van der Waals surface area (Å²) in [6, 6.07) is 1.75. The van der Waals surface area contributed by atoms with Gasteiger partial charge < -0.3 is 20.3 Å². The molecule has 0 aliphatic rings. The van der Waals surface area contributed by atoms with Crippen molar-refractivity contribution in [2.45, 2.75) is 38.6 Å². The highest BCUT2D eigenvalue weighted by molar-refractivity contribution is 5.87. The summed E-state index contributed by atoms with van der Waals surface area (Å²) >= 11 is 0. The lowest BCUT2D eigenvalue weighted by Gasteiger charge is -2.22. The molecule has 1 aromatic rings. The van der Waals surface area contributed by atoms with Crippen LogP contribution < -0.4 is 5.32 Å². The van der Waals surface area contributed by atoms with Gasteiger partial charge in [-0.05, 0) is 30.5 Å². The topological polar surface area (TPSA) is 113 Å². The van der Waals surface area contributed by atoms with Crippen molar-refractivity contribution in [3.63, 3.8) is 0 Å². The highest BCUT2D eigenvalue weighted by Gasteiger charge is 2.32. The number of alkyl halides is 3. The fourth-order valence-corrected chi connectivity index (χ4v) is 2.29. The fourth-order valence-electron chi connectivity index (χ4n) is 2.29. The predicted molar refractivity (Wildman–Crippen MR) is 86.4 cm³/mol. The highest BCUT2D eigenvalue weighted by atomic mass is 19.4. The molecule has 0 aromatic heterocycles. The number of aliphatic hydroxyl groups is 1. The van der Waals surface area contributed by atoms with Gasteiger partial charge in [0.25, 0.3) is 5.91 Å². The summed E-state index contributed by atoms with van der Waals surface area (Å²) in [5.41, 5.74) is -1.09. The molecule has 0 unspecified atom stereocenters. The molecule has 0 fully saturated rings. The van der Waals surface area contributed by atoms with Gasteiger partial charge in [0.1, 0.15) is 6.04 Å². The summed E-state index contributed by atoms with van der Waals surface area (Å²) in [5, 5.41) is 21.3. The smallest absolute Gasteiger partial charge is 0.416 e. The Hall–Kier alpha value is -2.62. The number of aliphatic hydroxyl groups excluding tert-OH is 1. The zero-order valence-electron chi connectivity index (χ0n) is 14.6. The lowest BCUT2D eigenvalue weighted by molar-refractivity contribution is -0.148. The number of benzene rings is 1. The molecule has 0 saturated heterocycles. The Kier molecular flexibility index (Phi) is 7.77. The number of carboxylic acid groups (broad SMARTS) is 1. The largest absolute Gasteiger partial charge is 0.480 e. The molecule has 10 heteroatoms. The average molecular weight is 391 g/mol. The molecule has 3 N–H and O–H groups in total. The third-order valence-electron chi connectivity index (χ3n) is 3.73. The zero-order valence-corrected chi connectivity index (χ0v) is 14.6. The van der Waals surface area contributed by atoms with Crippen LogP contribution in [0.1, 0.15) is 37.5 Å². The molecule has 0 saturated carbocycles. The van der Waals surface area contributed by atoms with Crippen molar-refractivity contribution in [1.29, 1.82) is 0 Å². The van der Waals surface area contributed by atoms with Gasteiger partial charge in [-0.25, -0.2) is 4.79 Å². The molecule has 27 heavy (non-hydrogen) atoms. The summed E-state index contributed by atoms with van der Waals surface area (Å²) in [6.07, 6.45) is -6.71. The molecule has 1 aromatic carbocycles. The van der Waals surface area contributed by atoms with E-state index < -0.39 is 47.6 Å². The van der Waals surface area contributed by atoms with Gasteiger partial charge in [0.15, 0.2) is 6.10 Å². The van der Waals surface area contributed by atoms with Crippen molar-refractivity contribution < 1.29 is 42.5 Å². The number of nitrogens with one attached hydrogen (secondary N) is 1. The first kappa shape index (κ1) is 22.4. The van der Waals surface area contributed by atoms with E-state index in [4.69, 9.17) is 4.74 Å². The van der Waals surface area contributed by atoms with Crippen LogP contribution in [0, 0.1) is 5.92 Å². The second kappa shape index (κ2) is 9.36. The van der Waals surface area contributed by atoms with Crippen LogP contribution in [-0.2, 0) is 25.3 Å². The summed E-state index contributed by atoms with van der Waals surface area (Å²) in [7, 11) is 0. The maximum absolute atomic E-state index is 12.5. The first-order chi connectivity index (χ1) is 12.5. The Labute approximate surface area is 153 Å². The third kappa shape index (κ3) is 6.55. The second-order valence-electron chi connectivity index (χ2n) is 5.83. The van der Waals surface area contributed by atoms with Gasteiger partial charge in [-0.3, -0.25) is 9.59 Å². The van der Waals surface area contributed by atoms with E-state index in [0.717, 1.165) is 12.1 Å². The first-order valence-electron chi connectivity index (χ1n) is 8.01. The molecule has 7 nitrogen and oxygen atoms in total. The van der Waals surface area contributed by atoms with E-state index in [1.807, 2.05) is 0 Å². The van der Waals surface area contributed by atoms with Crippen molar-refractivity contribution in [3.8, 4) is 0 Å². The zero-order chi connectivity index (χ0) is 20.8. The van der Waals surface area contributed by atoms with E-state index in [0.29, 0.717) is 12.1 Å². The third-order valence-corrected chi connectivity index (χ3v) is 3.73. The van der Waals surface area contributed by atoms with Crippen LogP contribution >= 0.6 is 0 Å². The maximum atomic E-state index is 12.5. The van der Waals surface area contributed by atoms with Gasteiger partial charge in [-0.2, -0.15) is 13.2 Å². The minimum absolute atomic E-state index is 0.113. The monoisotopic (exact) mass is 391 g/mol. The summed E-state index contributed by atoms with van der Waals surface area (Å²) in [5.74, 6) is -4.03. The standard InChI is InChI=1S/C17H20F3NO6/c1-3-27-12(22)8-9(2)13(16(25)26)21-15(24)14(23)10-4-6-11(7-5-10)17(18,19)20/h4-7,9,13-14,23H,3,8H2,1-2H3,(H,21,24)(H,25,26)/t9-,13-,14-/m0/s1. The molecule has 0 spiro atoms. The van der Waals surface area contributed by atoms with Crippen LogP contribution in [0.4, 0.5) is 13.2 Å². The molecule has 0 aliphatic carbocycles. The summed E-state index contributed by atoms with van der Waals surface area (Å²) in [4.78, 5) is 34.9. The number of carbonyl (C=O) groups is 3. The van der Waals surface area contributed by atoms with Crippen molar-refractivity contribution in [2.24, 2.45) is 5.92 Å². The number of amides is 1. The molecular formula is C17H20F3NO6. The van der Waals surface area contributed by atoms with Gasteiger partial charge in [0.2, 0.25) is 0 Å². The minimum Gasteiger partial charge on any atom is -0.480 e. The molecule has 0 bridgehead atoms. The average Bonchev–Trinajstić information content (AvgIpc) is 2.57. The lowest BCUT2D eigenvalue weighted by Crippen LogP contribution is -2.47. The number of ether oxygens (including phenoxy) is 1. The summed E-state index contributed by atoms with van der Waals surface area (Å²) in [6.45, 7) is 3.10. The van der Waals surface area contributed by atoms with E-state index >= 15 is 0 Å². The fraction of sp³-hybridized carbons (Fsp3) is 0.471. The summed E-state index contributed by atoms with van der Waals surface area (Å²) < 4.78 is 42.3. The quantitative estimate of drug-likeness (QED) is 0.584. The van der Waals surface area contributed by atoms with Crippen LogP contribution in [0.25, 0.3) is 0 Å². The number of hydrogen-bond acceptors (Lipinski definition) is 5. The molecule has 0 heterocycles. The number of halogens is 3. The second-order valence-corrected chi connectivity index (χ2v) is 5.83. The molecule has 0 aliphatic heterocycles. The van der Waals surface area contributed by atoms with Gasteiger partial charge in [-0.1, -0.05) is 19.1 Å². The molecule has 1 rings (SSSR count). The van der Waals surface area contributed by atoms with Gasteiger partial charge in [-0.15, -0.1) is 0 Å². The number of rotatable bonds is 8. The van der Waals surface area contributed by atoms with E-state index in [-0.39, 0.29) is 18.6 Å².